The highest BCUT2D eigenvalue weighted by atomic mass is 35.5. The van der Waals surface area contributed by atoms with Crippen molar-refractivity contribution in [2.24, 2.45) is 0 Å². The monoisotopic (exact) mass is 373 g/mol. The number of halogens is 1. The van der Waals surface area contributed by atoms with Gasteiger partial charge in [0, 0.05) is 18.8 Å². The number of fused-ring (bicyclic) bond motifs is 1. The lowest BCUT2D eigenvalue weighted by atomic mass is 10.2. The molecule has 7 nitrogen and oxygen atoms in total. The van der Waals surface area contributed by atoms with Crippen molar-refractivity contribution >= 4 is 40.0 Å². The second kappa shape index (κ2) is 7.31. The molecular formula is C18H20ClN5O2. The summed E-state index contributed by atoms with van der Waals surface area (Å²) < 4.78 is 6.85. The summed E-state index contributed by atoms with van der Waals surface area (Å²) in [6.45, 7) is 4.43. The number of benzene rings is 1. The first kappa shape index (κ1) is 18.2. The fraction of sp³-hybridized carbons (Fsp3) is 0.278. The van der Waals surface area contributed by atoms with Gasteiger partial charge in [-0.15, -0.1) is 0 Å². The largest absolute Gasteiger partial charge is 0.383 e. The number of carbonyl (C=O) groups excluding carboxylic acids is 1. The minimum Gasteiger partial charge on any atom is -0.383 e. The topological polar surface area (TPSA) is 95.1 Å². The second-order valence-electron chi connectivity index (χ2n) is 6.17. The highest BCUT2D eigenvalue weighted by molar-refractivity contribution is 6.36. The summed E-state index contributed by atoms with van der Waals surface area (Å²) in [5.74, 6) is -0.141. The minimum absolute atomic E-state index is 0.00850. The second-order valence-corrected chi connectivity index (χ2v) is 6.53. The number of anilines is 2. The first-order valence-electron chi connectivity index (χ1n) is 8.13. The number of amides is 1. The molecule has 0 aliphatic heterocycles. The number of carbonyl (C=O) groups is 1. The summed E-state index contributed by atoms with van der Waals surface area (Å²) in [5, 5.41) is 3.60. The van der Waals surface area contributed by atoms with Gasteiger partial charge in [-0.2, -0.15) is 0 Å². The quantitative estimate of drug-likeness (QED) is 0.711. The van der Waals surface area contributed by atoms with Crippen molar-refractivity contribution in [1.82, 2.24) is 14.5 Å². The van der Waals surface area contributed by atoms with Crippen LogP contribution in [0.4, 0.5) is 11.5 Å². The number of ether oxygens (including phenoxy) is 1. The summed E-state index contributed by atoms with van der Waals surface area (Å²) >= 11 is 6.51. The average molecular weight is 374 g/mol. The molecule has 0 radical (unpaired) electrons. The molecule has 3 N–H and O–H groups in total. The summed E-state index contributed by atoms with van der Waals surface area (Å²) in [7, 11) is 1.63. The van der Waals surface area contributed by atoms with Gasteiger partial charge in [0.05, 0.1) is 17.6 Å². The van der Waals surface area contributed by atoms with E-state index in [0.717, 1.165) is 5.56 Å². The number of hydrogen-bond acceptors (Lipinski definition) is 5. The van der Waals surface area contributed by atoms with E-state index in [9.17, 15) is 4.79 Å². The third kappa shape index (κ3) is 3.23. The van der Waals surface area contributed by atoms with Crippen LogP contribution in [0.3, 0.4) is 0 Å². The van der Waals surface area contributed by atoms with Gasteiger partial charge in [-0.25, -0.2) is 9.97 Å². The van der Waals surface area contributed by atoms with Crippen LogP contribution >= 0.6 is 11.6 Å². The molecule has 0 saturated heterocycles. The Bertz CT molecular complexity index is 950. The molecule has 136 valence electrons. The zero-order valence-corrected chi connectivity index (χ0v) is 15.5. The van der Waals surface area contributed by atoms with Crippen molar-refractivity contribution in [3.8, 4) is 0 Å². The van der Waals surface area contributed by atoms with Crippen LogP contribution in [0, 0.1) is 0 Å². The van der Waals surface area contributed by atoms with Crippen LogP contribution in [0.15, 0.2) is 30.6 Å². The van der Waals surface area contributed by atoms with Gasteiger partial charge in [0.1, 0.15) is 22.9 Å². The van der Waals surface area contributed by atoms with Crippen molar-refractivity contribution in [2.75, 3.05) is 18.2 Å². The Morgan fingerprint density at radius 2 is 2.00 bits per heavy atom. The molecule has 0 fully saturated rings. The number of methoxy groups -OCH3 is 1. The number of hydrogen-bond donors (Lipinski definition) is 2. The highest BCUT2D eigenvalue weighted by Crippen LogP contribution is 2.34. The van der Waals surface area contributed by atoms with E-state index >= 15 is 0 Å². The third-order valence-corrected chi connectivity index (χ3v) is 4.39. The van der Waals surface area contributed by atoms with Gasteiger partial charge in [-0.05, 0) is 31.5 Å². The lowest BCUT2D eigenvalue weighted by molar-refractivity contribution is 0.102. The summed E-state index contributed by atoms with van der Waals surface area (Å²) in [6.07, 6.45) is 1.36. The van der Waals surface area contributed by atoms with Gasteiger partial charge in [0.15, 0.2) is 0 Å². The fourth-order valence-electron chi connectivity index (χ4n) is 2.85. The molecule has 0 unspecified atom stereocenters. The smallest absolute Gasteiger partial charge is 0.259 e. The van der Waals surface area contributed by atoms with Gasteiger partial charge in [0.2, 0.25) is 0 Å². The molecule has 0 saturated carbocycles. The molecule has 3 rings (SSSR count). The molecule has 0 bridgehead atoms. The van der Waals surface area contributed by atoms with Crippen LogP contribution in [0.2, 0.25) is 5.15 Å². The van der Waals surface area contributed by atoms with E-state index in [1.54, 1.807) is 11.7 Å². The van der Waals surface area contributed by atoms with E-state index in [0.29, 0.717) is 23.3 Å². The summed E-state index contributed by atoms with van der Waals surface area (Å²) in [5.41, 5.74) is 8.48. The molecule has 2 heterocycles. The molecule has 8 heteroatoms. The predicted molar refractivity (Wildman–Crippen MR) is 102 cm³/mol. The number of nitrogens with two attached hydrogens (primary N) is 1. The maximum absolute atomic E-state index is 12.9. The van der Waals surface area contributed by atoms with Crippen molar-refractivity contribution in [2.45, 2.75) is 26.5 Å². The van der Waals surface area contributed by atoms with E-state index in [-0.39, 0.29) is 28.5 Å². The van der Waals surface area contributed by atoms with E-state index in [1.807, 2.05) is 38.1 Å². The Kier molecular flexibility index (Phi) is 5.11. The van der Waals surface area contributed by atoms with Crippen LogP contribution in [0.1, 0.15) is 35.8 Å². The molecule has 0 spiro atoms. The predicted octanol–water partition coefficient (Wildman–Crippen LogP) is 3.65. The van der Waals surface area contributed by atoms with Gasteiger partial charge in [0.25, 0.3) is 5.91 Å². The number of aromatic nitrogens is 3. The number of nitrogen functional groups attached to an aromatic ring is 1. The van der Waals surface area contributed by atoms with Gasteiger partial charge in [-0.1, -0.05) is 23.7 Å². The highest BCUT2D eigenvalue weighted by Gasteiger charge is 2.26. The SMILES string of the molecule is COCc1ccc(NC(=O)c2c(Cl)n(C(C)C)c3ncnc(N)c23)cc1. The van der Waals surface area contributed by atoms with Crippen molar-refractivity contribution in [1.29, 1.82) is 0 Å². The molecule has 1 amide bonds. The fourth-order valence-corrected chi connectivity index (χ4v) is 3.31. The third-order valence-electron chi connectivity index (χ3n) is 4.02. The van der Waals surface area contributed by atoms with Crippen LogP contribution in [-0.2, 0) is 11.3 Å². The first-order chi connectivity index (χ1) is 12.4. The van der Waals surface area contributed by atoms with Gasteiger partial charge < -0.3 is 20.4 Å². The van der Waals surface area contributed by atoms with Gasteiger partial charge >= 0.3 is 0 Å². The van der Waals surface area contributed by atoms with Crippen LogP contribution in [0.25, 0.3) is 11.0 Å². The lowest BCUT2D eigenvalue weighted by Gasteiger charge is -2.10. The maximum Gasteiger partial charge on any atom is 0.259 e. The molecule has 2 aromatic heterocycles. The maximum atomic E-state index is 12.9. The standard InChI is InChI=1S/C18H20ClN5O2/c1-10(2)24-15(19)13(14-16(20)21-9-22-17(14)24)18(25)23-12-6-4-11(5-7-12)8-26-3/h4-7,9-10H,8H2,1-3H3,(H,23,25)(H2,20,21,22). The van der Waals surface area contributed by atoms with Crippen molar-refractivity contribution in [3.05, 3.63) is 46.9 Å². The Balaban J connectivity index is 2.01. The number of nitrogens with zero attached hydrogens (tertiary/aromatic N) is 3. The normalized spacial score (nSPS) is 11.3. The average Bonchev–Trinajstić information content (AvgIpc) is 2.90. The number of nitrogens with one attached hydrogen (secondary N) is 1. The molecule has 0 atom stereocenters. The van der Waals surface area contributed by atoms with Crippen molar-refractivity contribution in [3.63, 3.8) is 0 Å². The molecular weight excluding hydrogens is 354 g/mol. The van der Waals surface area contributed by atoms with Gasteiger partial charge in [-0.3, -0.25) is 4.79 Å². The van der Waals surface area contributed by atoms with Crippen molar-refractivity contribution < 1.29 is 9.53 Å². The molecule has 0 aliphatic rings. The first-order valence-corrected chi connectivity index (χ1v) is 8.51. The Morgan fingerprint density at radius 1 is 1.31 bits per heavy atom. The zero-order chi connectivity index (χ0) is 18.8. The number of rotatable bonds is 5. The van der Waals surface area contributed by atoms with E-state index in [4.69, 9.17) is 22.1 Å². The molecule has 26 heavy (non-hydrogen) atoms. The van der Waals surface area contributed by atoms with E-state index < -0.39 is 0 Å². The van der Waals surface area contributed by atoms with Crippen LogP contribution in [0.5, 0.6) is 0 Å². The molecule has 1 aromatic carbocycles. The minimum atomic E-state index is -0.361. The Hall–Kier alpha value is -2.64. The summed E-state index contributed by atoms with van der Waals surface area (Å²) in [6, 6.07) is 7.39. The summed E-state index contributed by atoms with van der Waals surface area (Å²) in [4.78, 5) is 21.2. The Labute approximate surface area is 156 Å². The van der Waals surface area contributed by atoms with Crippen LogP contribution in [-0.4, -0.2) is 27.6 Å². The molecule has 0 aliphatic carbocycles. The lowest BCUT2D eigenvalue weighted by Crippen LogP contribution is -2.13. The Morgan fingerprint density at radius 3 is 2.62 bits per heavy atom. The van der Waals surface area contributed by atoms with Crippen LogP contribution < -0.4 is 11.1 Å². The zero-order valence-electron chi connectivity index (χ0n) is 14.8. The van der Waals surface area contributed by atoms with E-state index in [1.165, 1.54) is 6.33 Å². The van der Waals surface area contributed by atoms with E-state index in [2.05, 4.69) is 15.3 Å². The molecule has 3 aromatic rings.